The van der Waals surface area contributed by atoms with E-state index < -0.39 is 34.0 Å². The van der Waals surface area contributed by atoms with E-state index in [1.54, 1.807) is 47.4 Å². The predicted octanol–water partition coefficient (Wildman–Crippen LogP) is 5.69. The molecule has 0 saturated carbocycles. The number of alkyl halides is 6. The number of likely N-dealkylation sites (tertiary alicyclic amines) is 1. The number of piperidine rings is 1. The molecule has 2 fully saturated rings. The van der Waals surface area contributed by atoms with Crippen LogP contribution >= 0.6 is 0 Å². The molecule has 0 bridgehead atoms. The summed E-state index contributed by atoms with van der Waals surface area (Å²) in [6.45, 7) is 3.76. The lowest BCUT2D eigenvalue weighted by Crippen LogP contribution is -2.44. The van der Waals surface area contributed by atoms with Crippen LogP contribution in [-0.2, 0) is 26.7 Å². The summed E-state index contributed by atoms with van der Waals surface area (Å²) in [5.41, 5.74) is 1.18. The summed E-state index contributed by atoms with van der Waals surface area (Å²) in [4.78, 5) is 30.9. The molecule has 0 radical (unpaired) electrons. The fourth-order valence-corrected chi connectivity index (χ4v) is 7.02. The van der Waals surface area contributed by atoms with E-state index in [-0.39, 0.29) is 29.1 Å². The number of amides is 1. The third kappa shape index (κ3) is 11.5. The van der Waals surface area contributed by atoms with Gasteiger partial charge in [0.2, 0.25) is 15.9 Å². The Labute approximate surface area is 311 Å². The third-order valence-corrected chi connectivity index (χ3v) is 9.77. The normalized spacial score (nSPS) is 15.5. The van der Waals surface area contributed by atoms with Crippen molar-refractivity contribution in [2.45, 2.75) is 36.9 Å². The van der Waals surface area contributed by atoms with Crippen LogP contribution in [-0.4, -0.2) is 90.9 Å². The number of sulfonamides is 1. The summed E-state index contributed by atoms with van der Waals surface area (Å²) in [6, 6.07) is 19.6. The number of carbonyl (C=O) groups is 2. The molecule has 294 valence electrons. The van der Waals surface area contributed by atoms with Crippen molar-refractivity contribution in [3.63, 3.8) is 0 Å². The van der Waals surface area contributed by atoms with E-state index in [1.165, 1.54) is 6.20 Å². The molecule has 2 saturated heterocycles. The Hall–Kier alpha value is -5.50. The number of halogens is 6. The fourth-order valence-electron chi connectivity index (χ4n) is 5.83. The topological polar surface area (TPSA) is 167 Å². The lowest BCUT2D eigenvalue weighted by atomic mass is 9.89. The first-order valence-corrected chi connectivity index (χ1v) is 18.4. The van der Waals surface area contributed by atoms with E-state index in [9.17, 15) is 39.6 Å². The van der Waals surface area contributed by atoms with E-state index in [0.717, 1.165) is 30.8 Å². The number of nitrogens with zero attached hydrogens (tertiary/aromatic N) is 5. The fraction of sp³-hybridized carbons (Fsp3) is 0.343. The van der Waals surface area contributed by atoms with E-state index >= 15 is 0 Å². The highest BCUT2D eigenvalue weighted by Gasteiger charge is 2.38. The van der Waals surface area contributed by atoms with Gasteiger partial charge in [-0.15, -0.1) is 10.2 Å². The first-order valence-electron chi connectivity index (χ1n) is 16.8. The number of hydrogen-bond donors (Lipinski definition) is 3. The van der Waals surface area contributed by atoms with Gasteiger partial charge in [0.1, 0.15) is 5.75 Å². The predicted molar refractivity (Wildman–Crippen MR) is 187 cm³/mol. The maximum Gasteiger partial charge on any atom is 0.490 e. The van der Waals surface area contributed by atoms with Gasteiger partial charge in [0, 0.05) is 51.5 Å². The maximum atomic E-state index is 13.6. The van der Waals surface area contributed by atoms with Crippen LogP contribution in [0.1, 0.15) is 45.9 Å². The molecular formula is C35H35F6N7O6S. The zero-order chi connectivity index (χ0) is 39.8. The maximum absolute atomic E-state index is 13.6. The second-order valence-electron chi connectivity index (χ2n) is 12.5. The van der Waals surface area contributed by atoms with E-state index in [0.29, 0.717) is 61.7 Å². The van der Waals surface area contributed by atoms with Crippen molar-refractivity contribution in [2.24, 2.45) is 0 Å². The molecule has 0 atom stereocenters. The van der Waals surface area contributed by atoms with Crippen molar-refractivity contribution >= 4 is 33.4 Å². The van der Waals surface area contributed by atoms with Gasteiger partial charge in [0.15, 0.2) is 11.5 Å². The minimum atomic E-state index is -5.08. The Balaban J connectivity index is 0.000000757. The number of aliphatic carboxylic acids is 1. The summed E-state index contributed by atoms with van der Waals surface area (Å²) in [5, 5.41) is 17.1. The Kier molecular flexibility index (Phi) is 12.8. The molecule has 1 amide bonds. The van der Waals surface area contributed by atoms with Crippen LogP contribution < -0.4 is 19.7 Å². The average molecular weight is 796 g/mol. The monoisotopic (exact) mass is 795 g/mol. The number of benzene rings is 2. The largest absolute Gasteiger partial charge is 0.490 e. The molecule has 0 unspecified atom stereocenters. The van der Waals surface area contributed by atoms with Crippen LogP contribution in [0.4, 0.5) is 37.8 Å². The van der Waals surface area contributed by atoms with Crippen molar-refractivity contribution in [1.29, 1.82) is 0 Å². The Morgan fingerprint density at radius 3 is 2.09 bits per heavy atom. The van der Waals surface area contributed by atoms with Crippen molar-refractivity contribution in [2.75, 3.05) is 48.9 Å². The second kappa shape index (κ2) is 17.3. The molecule has 4 aromatic rings. The summed E-state index contributed by atoms with van der Waals surface area (Å²) in [7, 11) is -3.80. The van der Waals surface area contributed by atoms with E-state index in [2.05, 4.69) is 25.2 Å². The highest BCUT2D eigenvalue weighted by molar-refractivity contribution is 7.91. The molecule has 55 heavy (non-hydrogen) atoms. The van der Waals surface area contributed by atoms with Gasteiger partial charge in [-0.2, -0.15) is 26.3 Å². The first kappa shape index (κ1) is 40.7. The summed E-state index contributed by atoms with van der Waals surface area (Å²) >= 11 is 0. The molecule has 2 aromatic carbocycles. The highest BCUT2D eigenvalue weighted by Crippen LogP contribution is 2.33. The van der Waals surface area contributed by atoms with Gasteiger partial charge in [0.25, 0.3) is 5.91 Å². The SMILES string of the molecule is O=C(O)C(F)(F)F.O=C(c1cnc(N2CCNCC2)c(NS(=O)(=O)Cc2ccccc2)c1)N1CCC(c2ccc(Oc3ccc(C(F)(F)F)nn3)cc2)CC1. The van der Waals surface area contributed by atoms with Gasteiger partial charge < -0.3 is 25.0 Å². The standard InChI is InChI=1S/C33H34F3N7O4S.C2HF3O2/c34-33(35,36)29-10-11-30(40-39-29)47-27-8-6-24(7-9-27)25-12-16-43(17-13-25)32(44)26-20-28(31(38-21-26)42-18-14-37-15-19-42)41-48(45,46)22-23-4-2-1-3-5-23;3-2(4,5)1(6)7/h1-11,20-21,25,37,41H,12-19,22H2;(H,6,7). The number of anilines is 2. The molecule has 2 aromatic heterocycles. The molecule has 6 rings (SSSR count). The van der Waals surface area contributed by atoms with Crippen LogP contribution in [0.15, 0.2) is 79.0 Å². The van der Waals surface area contributed by atoms with Crippen LogP contribution in [0.2, 0.25) is 0 Å². The van der Waals surface area contributed by atoms with Crippen LogP contribution in [0.5, 0.6) is 11.6 Å². The van der Waals surface area contributed by atoms with Crippen LogP contribution in [0.25, 0.3) is 0 Å². The van der Waals surface area contributed by atoms with Gasteiger partial charge in [-0.05, 0) is 54.2 Å². The molecule has 20 heteroatoms. The molecule has 2 aliphatic heterocycles. The number of carboxylic acids is 1. The molecule has 4 heterocycles. The Morgan fingerprint density at radius 1 is 0.891 bits per heavy atom. The van der Waals surface area contributed by atoms with Gasteiger partial charge >= 0.3 is 18.3 Å². The average Bonchev–Trinajstić information content (AvgIpc) is 3.15. The highest BCUT2D eigenvalue weighted by atomic mass is 32.2. The van der Waals surface area contributed by atoms with Crippen molar-refractivity contribution in [3.05, 3.63) is 101 Å². The number of carboxylic acid groups (broad SMARTS) is 1. The summed E-state index contributed by atoms with van der Waals surface area (Å²) in [6.07, 6.45) is -6.73. The number of piperazine rings is 1. The number of carbonyl (C=O) groups excluding carboxylic acids is 1. The lowest BCUT2D eigenvalue weighted by molar-refractivity contribution is -0.192. The second-order valence-corrected chi connectivity index (χ2v) is 14.2. The molecule has 2 aliphatic rings. The zero-order valence-corrected chi connectivity index (χ0v) is 29.7. The third-order valence-electron chi connectivity index (χ3n) is 8.52. The van der Waals surface area contributed by atoms with Gasteiger partial charge in [-0.1, -0.05) is 42.5 Å². The zero-order valence-electron chi connectivity index (χ0n) is 28.8. The first-order chi connectivity index (χ1) is 26.0. The number of rotatable bonds is 9. The number of nitrogens with one attached hydrogen (secondary N) is 2. The van der Waals surface area contributed by atoms with Gasteiger partial charge in [0.05, 0.1) is 17.0 Å². The summed E-state index contributed by atoms with van der Waals surface area (Å²) < 4.78 is 105. The number of aromatic nitrogens is 3. The van der Waals surface area contributed by atoms with Crippen LogP contribution in [0.3, 0.4) is 0 Å². The molecule has 0 spiro atoms. The minimum Gasteiger partial charge on any atom is -0.475 e. The molecular weight excluding hydrogens is 760 g/mol. The molecule has 3 N–H and O–H groups in total. The Bertz CT molecular complexity index is 2020. The van der Waals surface area contributed by atoms with Crippen LogP contribution in [0, 0.1) is 0 Å². The van der Waals surface area contributed by atoms with Gasteiger partial charge in [-0.3, -0.25) is 9.52 Å². The van der Waals surface area contributed by atoms with Crippen molar-refractivity contribution in [3.8, 4) is 11.6 Å². The number of pyridine rings is 1. The number of ether oxygens (including phenoxy) is 1. The molecule has 0 aliphatic carbocycles. The lowest BCUT2D eigenvalue weighted by Gasteiger charge is -2.33. The molecule has 13 nitrogen and oxygen atoms in total. The Morgan fingerprint density at radius 2 is 1.53 bits per heavy atom. The van der Waals surface area contributed by atoms with Gasteiger partial charge in [-0.25, -0.2) is 18.2 Å². The minimum absolute atomic E-state index is 0.0508. The summed E-state index contributed by atoms with van der Waals surface area (Å²) in [5.74, 6) is -2.16. The van der Waals surface area contributed by atoms with Crippen molar-refractivity contribution in [1.82, 2.24) is 25.4 Å². The number of hydrogen-bond acceptors (Lipinski definition) is 10. The van der Waals surface area contributed by atoms with Crippen molar-refractivity contribution < 1.29 is 54.2 Å². The van der Waals surface area contributed by atoms with E-state index in [4.69, 9.17) is 14.6 Å². The smallest absolute Gasteiger partial charge is 0.475 e. The quantitative estimate of drug-likeness (QED) is 0.178. The van der Waals surface area contributed by atoms with E-state index in [1.807, 2.05) is 23.1 Å².